The third kappa shape index (κ3) is 3.57. The van der Waals surface area contributed by atoms with Crippen molar-refractivity contribution < 1.29 is 9.53 Å². The van der Waals surface area contributed by atoms with Crippen LogP contribution in [0.25, 0.3) is 0 Å². The molecule has 0 aliphatic rings. The van der Waals surface area contributed by atoms with E-state index in [4.69, 9.17) is 4.74 Å². The molecule has 1 aromatic heterocycles. The monoisotopic (exact) mass is 274 g/mol. The van der Waals surface area contributed by atoms with E-state index in [1.807, 2.05) is 45.0 Å². The van der Waals surface area contributed by atoms with Crippen molar-refractivity contribution in [3.8, 4) is 5.75 Å². The molecule has 2 rings (SSSR count). The molecular formula is C14H18N4O2. The lowest BCUT2D eigenvalue weighted by molar-refractivity contribution is 0.0929. The van der Waals surface area contributed by atoms with Crippen LogP contribution in [0.1, 0.15) is 43.0 Å². The highest BCUT2D eigenvalue weighted by Crippen LogP contribution is 2.20. The van der Waals surface area contributed by atoms with Crippen molar-refractivity contribution in [2.24, 2.45) is 0 Å². The Morgan fingerprint density at radius 2 is 2.15 bits per heavy atom. The second-order valence-corrected chi connectivity index (χ2v) is 4.77. The summed E-state index contributed by atoms with van der Waals surface area (Å²) in [7, 11) is 0. The Balaban J connectivity index is 2.05. The number of amides is 1. The lowest BCUT2D eigenvalue weighted by atomic mass is 10.1. The second kappa shape index (κ2) is 6.18. The van der Waals surface area contributed by atoms with Gasteiger partial charge in [0.15, 0.2) is 0 Å². The zero-order valence-corrected chi connectivity index (χ0v) is 11.8. The molecule has 1 amide bonds. The quantitative estimate of drug-likeness (QED) is 0.874. The van der Waals surface area contributed by atoms with Crippen LogP contribution in [-0.2, 0) is 0 Å². The molecule has 1 unspecified atom stereocenters. The number of ether oxygens (including phenoxy) is 1. The zero-order chi connectivity index (χ0) is 14.5. The summed E-state index contributed by atoms with van der Waals surface area (Å²) >= 11 is 0. The molecule has 2 N–H and O–H groups in total. The van der Waals surface area contributed by atoms with Gasteiger partial charge in [-0.25, -0.2) is 4.98 Å². The summed E-state index contributed by atoms with van der Waals surface area (Å²) in [6, 6.07) is 7.52. The van der Waals surface area contributed by atoms with Crippen LogP contribution >= 0.6 is 0 Å². The number of H-pyrrole nitrogens is 1. The maximum Gasteiger partial charge on any atom is 0.289 e. The molecule has 106 valence electrons. The molecule has 6 nitrogen and oxygen atoms in total. The van der Waals surface area contributed by atoms with E-state index < -0.39 is 0 Å². The number of aromatic nitrogens is 3. The van der Waals surface area contributed by atoms with Crippen LogP contribution in [0.2, 0.25) is 0 Å². The molecule has 1 aromatic carbocycles. The van der Waals surface area contributed by atoms with E-state index in [0.717, 1.165) is 11.3 Å². The van der Waals surface area contributed by atoms with E-state index in [1.54, 1.807) is 0 Å². The summed E-state index contributed by atoms with van der Waals surface area (Å²) in [4.78, 5) is 15.7. The van der Waals surface area contributed by atoms with Crippen molar-refractivity contribution in [3.63, 3.8) is 0 Å². The highest BCUT2D eigenvalue weighted by atomic mass is 16.5. The fourth-order valence-electron chi connectivity index (χ4n) is 1.79. The summed E-state index contributed by atoms with van der Waals surface area (Å²) in [6.45, 7) is 5.85. The Kier molecular flexibility index (Phi) is 4.34. The molecule has 2 aromatic rings. The van der Waals surface area contributed by atoms with E-state index in [1.165, 1.54) is 6.33 Å². The fraction of sp³-hybridized carbons (Fsp3) is 0.357. The van der Waals surface area contributed by atoms with Crippen LogP contribution in [-0.4, -0.2) is 27.2 Å². The lowest BCUT2D eigenvalue weighted by Gasteiger charge is -2.16. The summed E-state index contributed by atoms with van der Waals surface area (Å²) in [5.74, 6) is 0.704. The number of nitrogens with zero attached hydrogens (tertiary/aromatic N) is 2. The molecule has 0 fully saturated rings. The molecule has 0 bridgehead atoms. The summed E-state index contributed by atoms with van der Waals surface area (Å²) in [5.41, 5.74) is 0.969. The van der Waals surface area contributed by atoms with Gasteiger partial charge < -0.3 is 10.1 Å². The highest BCUT2D eigenvalue weighted by molar-refractivity contribution is 5.90. The van der Waals surface area contributed by atoms with Gasteiger partial charge in [-0.3, -0.25) is 9.89 Å². The maximum absolute atomic E-state index is 11.9. The van der Waals surface area contributed by atoms with Crippen LogP contribution in [0.15, 0.2) is 30.6 Å². The normalized spacial score (nSPS) is 12.2. The van der Waals surface area contributed by atoms with E-state index >= 15 is 0 Å². The van der Waals surface area contributed by atoms with Gasteiger partial charge in [0.2, 0.25) is 5.82 Å². The first kappa shape index (κ1) is 14.0. The van der Waals surface area contributed by atoms with Crippen LogP contribution in [0.3, 0.4) is 0 Å². The van der Waals surface area contributed by atoms with Crippen LogP contribution in [0.4, 0.5) is 0 Å². The van der Waals surface area contributed by atoms with Crippen molar-refractivity contribution in [2.45, 2.75) is 32.9 Å². The van der Waals surface area contributed by atoms with Gasteiger partial charge in [-0.15, -0.1) is 0 Å². The Morgan fingerprint density at radius 3 is 2.80 bits per heavy atom. The van der Waals surface area contributed by atoms with Crippen LogP contribution < -0.4 is 10.1 Å². The Bertz CT molecular complexity index is 566. The molecule has 0 aliphatic carbocycles. The molecule has 6 heteroatoms. The molecule has 1 heterocycles. The topological polar surface area (TPSA) is 79.9 Å². The second-order valence-electron chi connectivity index (χ2n) is 4.77. The highest BCUT2D eigenvalue weighted by Gasteiger charge is 2.14. The number of rotatable bonds is 5. The summed E-state index contributed by atoms with van der Waals surface area (Å²) < 4.78 is 5.64. The molecule has 0 saturated heterocycles. The van der Waals surface area contributed by atoms with Gasteiger partial charge in [0.25, 0.3) is 5.91 Å². The minimum atomic E-state index is -0.287. The number of benzene rings is 1. The molecule has 0 aliphatic heterocycles. The average molecular weight is 274 g/mol. The van der Waals surface area contributed by atoms with Gasteiger partial charge >= 0.3 is 0 Å². The number of carbonyl (C=O) groups excluding carboxylic acids is 1. The van der Waals surface area contributed by atoms with E-state index in [0.29, 0.717) is 0 Å². The van der Waals surface area contributed by atoms with E-state index in [9.17, 15) is 4.79 Å². The first-order chi connectivity index (χ1) is 9.56. The number of hydrogen-bond donors (Lipinski definition) is 2. The van der Waals surface area contributed by atoms with Crippen LogP contribution in [0.5, 0.6) is 5.75 Å². The maximum atomic E-state index is 11.9. The Morgan fingerprint density at radius 1 is 1.35 bits per heavy atom. The Labute approximate surface area is 117 Å². The summed E-state index contributed by atoms with van der Waals surface area (Å²) in [5, 5.41) is 9.04. The van der Waals surface area contributed by atoms with Crippen molar-refractivity contribution in [3.05, 3.63) is 42.0 Å². The lowest BCUT2D eigenvalue weighted by Crippen LogP contribution is -2.27. The third-order valence-electron chi connectivity index (χ3n) is 2.71. The fourth-order valence-corrected chi connectivity index (χ4v) is 1.79. The zero-order valence-electron chi connectivity index (χ0n) is 11.8. The van der Waals surface area contributed by atoms with Gasteiger partial charge in [0, 0.05) is 0 Å². The van der Waals surface area contributed by atoms with Crippen LogP contribution in [0, 0.1) is 0 Å². The van der Waals surface area contributed by atoms with Gasteiger partial charge in [-0.2, -0.15) is 5.10 Å². The Hall–Kier alpha value is -2.37. The average Bonchev–Trinajstić information content (AvgIpc) is 2.92. The first-order valence-electron chi connectivity index (χ1n) is 6.49. The predicted octanol–water partition coefficient (Wildman–Crippen LogP) is 2.08. The molecule has 0 saturated carbocycles. The smallest absolute Gasteiger partial charge is 0.289 e. The summed E-state index contributed by atoms with van der Waals surface area (Å²) in [6.07, 6.45) is 1.42. The van der Waals surface area contributed by atoms with Gasteiger partial charge in [0.05, 0.1) is 12.1 Å². The van der Waals surface area contributed by atoms with Gasteiger partial charge in [-0.05, 0) is 38.5 Å². The van der Waals surface area contributed by atoms with Crippen molar-refractivity contribution in [2.75, 3.05) is 0 Å². The van der Waals surface area contributed by atoms with Crippen molar-refractivity contribution in [1.82, 2.24) is 20.5 Å². The standard InChI is InChI=1S/C14H18N4O2/c1-9(2)20-12-6-4-5-11(7-12)10(3)17-14(19)13-15-8-16-18-13/h4-10H,1-3H3,(H,17,19)(H,15,16,18). The van der Waals surface area contributed by atoms with Gasteiger partial charge in [-0.1, -0.05) is 12.1 Å². The van der Waals surface area contributed by atoms with E-state index in [-0.39, 0.29) is 23.9 Å². The first-order valence-corrected chi connectivity index (χ1v) is 6.49. The number of aromatic amines is 1. The largest absolute Gasteiger partial charge is 0.491 e. The van der Waals surface area contributed by atoms with Crippen molar-refractivity contribution in [1.29, 1.82) is 0 Å². The molecule has 0 radical (unpaired) electrons. The van der Waals surface area contributed by atoms with Crippen molar-refractivity contribution >= 4 is 5.91 Å². The molecule has 0 spiro atoms. The number of nitrogens with one attached hydrogen (secondary N) is 2. The number of hydrogen-bond acceptors (Lipinski definition) is 4. The molecule has 1 atom stereocenters. The molecule has 20 heavy (non-hydrogen) atoms. The van der Waals surface area contributed by atoms with Gasteiger partial charge in [0.1, 0.15) is 12.1 Å². The minimum Gasteiger partial charge on any atom is -0.491 e. The SMILES string of the molecule is CC(C)Oc1cccc(C(C)NC(=O)c2ncn[nH]2)c1. The predicted molar refractivity (Wildman–Crippen MR) is 74.5 cm³/mol. The third-order valence-corrected chi connectivity index (χ3v) is 2.71. The van der Waals surface area contributed by atoms with E-state index in [2.05, 4.69) is 20.5 Å². The minimum absolute atomic E-state index is 0.115. The molecular weight excluding hydrogens is 256 g/mol. The number of carbonyl (C=O) groups is 1.